The highest BCUT2D eigenvalue weighted by molar-refractivity contribution is 6.31. The molecule has 0 radical (unpaired) electrons. The number of nitrogens with one attached hydrogen (secondary N) is 1. The molecule has 2 atom stereocenters. The summed E-state index contributed by atoms with van der Waals surface area (Å²) < 4.78 is 10.7. The number of ether oxygens (including phenoxy) is 2. The van der Waals surface area contributed by atoms with Crippen LogP contribution in [0.5, 0.6) is 5.75 Å². The van der Waals surface area contributed by atoms with Gasteiger partial charge in [0.15, 0.2) is 5.82 Å². The summed E-state index contributed by atoms with van der Waals surface area (Å²) in [5.41, 5.74) is 3.05. The Morgan fingerprint density at radius 3 is 2.59 bits per heavy atom. The van der Waals surface area contributed by atoms with Gasteiger partial charge >= 0.3 is 5.97 Å². The number of fused-ring (bicyclic) bond motifs is 1. The molecule has 0 amide bonds. The van der Waals surface area contributed by atoms with E-state index < -0.39 is 5.92 Å². The lowest BCUT2D eigenvalue weighted by molar-refractivity contribution is -0.145. The van der Waals surface area contributed by atoms with Gasteiger partial charge in [-0.05, 0) is 48.4 Å². The van der Waals surface area contributed by atoms with Gasteiger partial charge in [-0.1, -0.05) is 29.8 Å². The molecular formula is C22H20ClN3O3. The van der Waals surface area contributed by atoms with Gasteiger partial charge < -0.3 is 9.47 Å². The third-order valence-corrected chi connectivity index (χ3v) is 5.35. The number of benzene rings is 2. The van der Waals surface area contributed by atoms with Crippen molar-refractivity contribution in [3.8, 4) is 5.75 Å². The van der Waals surface area contributed by atoms with Crippen LogP contribution in [0.3, 0.4) is 0 Å². The first-order valence-corrected chi connectivity index (χ1v) is 9.69. The Morgan fingerprint density at radius 2 is 1.90 bits per heavy atom. The summed E-state index contributed by atoms with van der Waals surface area (Å²) in [6.45, 7) is 2.07. The number of carbonyl (C=O) groups is 1. The van der Waals surface area contributed by atoms with E-state index in [-0.39, 0.29) is 18.5 Å². The number of H-pyrrole nitrogens is 1. The summed E-state index contributed by atoms with van der Waals surface area (Å²) in [5, 5.41) is 7.67. The van der Waals surface area contributed by atoms with Crippen LogP contribution in [-0.4, -0.2) is 35.6 Å². The number of aromatic amines is 1. The summed E-state index contributed by atoms with van der Waals surface area (Å²) in [6.07, 6.45) is 1.70. The first-order valence-electron chi connectivity index (χ1n) is 9.31. The molecule has 29 heavy (non-hydrogen) atoms. The average molecular weight is 410 g/mol. The van der Waals surface area contributed by atoms with Crippen molar-refractivity contribution < 1.29 is 14.3 Å². The van der Waals surface area contributed by atoms with E-state index in [1.54, 1.807) is 20.2 Å². The molecule has 0 saturated heterocycles. The van der Waals surface area contributed by atoms with Crippen LogP contribution >= 0.6 is 11.6 Å². The molecule has 0 saturated carbocycles. The zero-order chi connectivity index (χ0) is 20.4. The lowest BCUT2D eigenvalue weighted by Crippen LogP contribution is -2.35. The van der Waals surface area contributed by atoms with Gasteiger partial charge in [0.25, 0.3) is 0 Å². The van der Waals surface area contributed by atoms with E-state index in [0.29, 0.717) is 16.6 Å². The van der Waals surface area contributed by atoms with Gasteiger partial charge in [-0.25, -0.2) is 4.99 Å². The monoisotopic (exact) mass is 409 g/mol. The summed E-state index contributed by atoms with van der Waals surface area (Å²) in [4.78, 5) is 17.9. The lowest BCUT2D eigenvalue weighted by atomic mass is 9.75. The van der Waals surface area contributed by atoms with Crippen molar-refractivity contribution in [3.63, 3.8) is 0 Å². The highest BCUT2D eigenvalue weighted by atomic mass is 35.5. The Balaban J connectivity index is 1.91. The van der Waals surface area contributed by atoms with Crippen LogP contribution in [0, 0.1) is 5.92 Å². The fourth-order valence-corrected chi connectivity index (χ4v) is 3.95. The average Bonchev–Trinajstić information content (AvgIpc) is 3.21. The smallest absolute Gasteiger partial charge is 0.316 e. The molecular weight excluding hydrogens is 390 g/mol. The molecule has 4 rings (SSSR count). The molecule has 1 aliphatic rings. The molecule has 1 aliphatic heterocycles. The number of rotatable bonds is 5. The summed E-state index contributed by atoms with van der Waals surface area (Å²) in [7, 11) is 1.61. The van der Waals surface area contributed by atoms with Gasteiger partial charge in [0.2, 0.25) is 0 Å². The number of nitrogens with zero attached hydrogens (tertiary/aromatic N) is 2. The molecule has 7 heteroatoms. The molecule has 3 aromatic rings. The van der Waals surface area contributed by atoms with Crippen LogP contribution in [0.4, 0.5) is 5.82 Å². The number of esters is 1. The van der Waals surface area contributed by atoms with Crippen LogP contribution in [0.25, 0.3) is 0 Å². The van der Waals surface area contributed by atoms with Gasteiger partial charge in [-0.15, -0.1) is 0 Å². The van der Waals surface area contributed by atoms with Gasteiger partial charge in [-0.2, -0.15) is 5.10 Å². The lowest BCUT2D eigenvalue weighted by Gasteiger charge is -2.31. The largest absolute Gasteiger partial charge is 0.497 e. The fourth-order valence-electron chi connectivity index (χ4n) is 3.69. The summed E-state index contributed by atoms with van der Waals surface area (Å²) >= 11 is 6.53. The zero-order valence-electron chi connectivity index (χ0n) is 16.1. The van der Waals surface area contributed by atoms with E-state index in [1.807, 2.05) is 48.5 Å². The maximum atomic E-state index is 13.1. The fraction of sp³-hybridized carbons (Fsp3) is 0.227. The Kier molecular flexibility index (Phi) is 5.36. The van der Waals surface area contributed by atoms with Crippen molar-refractivity contribution in [1.29, 1.82) is 0 Å². The predicted octanol–water partition coefficient (Wildman–Crippen LogP) is 4.52. The van der Waals surface area contributed by atoms with E-state index in [2.05, 4.69) is 10.2 Å². The Hall–Kier alpha value is -3.12. The number of hydrogen-bond acceptors (Lipinski definition) is 5. The number of methoxy groups -OCH3 is 1. The van der Waals surface area contributed by atoms with E-state index >= 15 is 0 Å². The second-order valence-corrected chi connectivity index (χ2v) is 7.04. The van der Waals surface area contributed by atoms with E-state index in [4.69, 9.17) is 26.1 Å². The van der Waals surface area contributed by atoms with Crippen LogP contribution in [-0.2, 0) is 9.53 Å². The maximum absolute atomic E-state index is 13.1. The minimum atomic E-state index is -0.659. The van der Waals surface area contributed by atoms with Gasteiger partial charge in [0.05, 0.1) is 25.6 Å². The number of aliphatic imine (C=N–C) groups is 1. The number of hydrogen-bond donors (Lipinski definition) is 1. The van der Waals surface area contributed by atoms with Gasteiger partial charge in [-0.3, -0.25) is 9.89 Å². The Labute approximate surface area is 173 Å². The number of halogens is 1. The quantitative estimate of drug-likeness (QED) is 0.628. The normalized spacial score (nSPS) is 18.0. The molecule has 2 unspecified atom stereocenters. The molecule has 0 aliphatic carbocycles. The summed E-state index contributed by atoms with van der Waals surface area (Å²) in [5.74, 6) is -0.0395. The standard InChI is InChI=1S/C22H20ClN3O3/c1-3-29-22(27)19-18(15-6-4-5-7-17(15)23)16-12-24-26-21(16)25-20(19)13-8-10-14(28-2)11-9-13/h4-12,18-19H,3H2,1-2H3,(H,24,26). The van der Waals surface area contributed by atoms with Crippen LogP contribution in [0.2, 0.25) is 5.02 Å². The van der Waals surface area contributed by atoms with Crippen molar-refractivity contribution in [3.05, 3.63) is 76.4 Å². The molecule has 0 spiro atoms. The number of carbonyl (C=O) groups excluding carboxylic acids is 1. The van der Waals surface area contributed by atoms with E-state index in [0.717, 1.165) is 22.4 Å². The molecule has 0 fully saturated rings. The van der Waals surface area contributed by atoms with E-state index in [1.165, 1.54) is 0 Å². The van der Waals surface area contributed by atoms with Crippen molar-refractivity contribution in [2.45, 2.75) is 12.8 Å². The SMILES string of the molecule is CCOC(=O)C1C(c2ccc(OC)cc2)=Nc2[nH]ncc2C1c1ccccc1Cl. The second-order valence-electron chi connectivity index (χ2n) is 6.63. The molecule has 2 heterocycles. The first-order chi connectivity index (χ1) is 14.1. The number of aromatic nitrogens is 2. The minimum Gasteiger partial charge on any atom is -0.497 e. The van der Waals surface area contributed by atoms with Crippen molar-refractivity contribution >= 4 is 29.1 Å². The Morgan fingerprint density at radius 1 is 1.14 bits per heavy atom. The zero-order valence-corrected chi connectivity index (χ0v) is 16.8. The van der Waals surface area contributed by atoms with E-state index in [9.17, 15) is 4.79 Å². The third-order valence-electron chi connectivity index (χ3n) is 5.01. The predicted molar refractivity (Wildman–Crippen MR) is 111 cm³/mol. The third kappa shape index (κ3) is 3.51. The highest BCUT2D eigenvalue weighted by Gasteiger charge is 2.42. The molecule has 1 N–H and O–H groups in total. The first kappa shape index (κ1) is 19.2. The van der Waals surface area contributed by atoms with Gasteiger partial charge in [0, 0.05) is 16.5 Å². The molecule has 6 nitrogen and oxygen atoms in total. The Bertz CT molecular complexity index is 1060. The van der Waals surface area contributed by atoms with Gasteiger partial charge in [0.1, 0.15) is 11.7 Å². The van der Waals surface area contributed by atoms with Crippen molar-refractivity contribution in [2.24, 2.45) is 10.9 Å². The molecule has 1 aromatic heterocycles. The molecule has 2 aromatic carbocycles. The topological polar surface area (TPSA) is 76.6 Å². The van der Waals surface area contributed by atoms with Crippen LogP contribution < -0.4 is 4.74 Å². The van der Waals surface area contributed by atoms with Crippen molar-refractivity contribution in [1.82, 2.24) is 10.2 Å². The highest BCUT2D eigenvalue weighted by Crippen LogP contribution is 2.45. The van der Waals surface area contributed by atoms with Crippen molar-refractivity contribution in [2.75, 3.05) is 13.7 Å². The molecule has 0 bridgehead atoms. The summed E-state index contributed by atoms with van der Waals surface area (Å²) in [6, 6.07) is 15.0. The maximum Gasteiger partial charge on any atom is 0.316 e. The van der Waals surface area contributed by atoms with Crippen LogP contribution in [0.1, 0.15) is 29.5 Å². The second kappa shape index (κ2) is 8.09. The minimum absolute atomic E-state index is 0.276. The molecule has 148 valence electrons. The van der Waals surface area contributed by atoms with Crippen LogP contribution in [0.15, 0.2) is 59.7 Å².